The Morgan fingerprint density at radius 1 is 1.08 bits per heavy atom. The maximum Gasteiger partial charge on any atom is 0.416 e. The molecule has 1 aliphatic rings. The van der Waals surface area contributed by atoms with E-state index in [1.165, 1.54) is 12.5 Å². The molecule has 206 valence electrons. The molecule has 0 aliphatic heterocycles. The van der Waals surface area contributed by atoms with E-state index in [0.717, 1.165) is 31.5 Å². The van der Waals surface area contributed by atoms with Crippen molar-refractivity contribution in [3.63, 3.8) is 0 Å². The van der Waals surface area contributed by atoms with Crippen LogP contribution in [0, 0.1) is 12.3 Å². The Morgan fingerprint density at radius 3 is 2.37 bits per heavy atom. The summed E-state index contributed by atoms with van der Waals surface area (Å²) in [5.74, 6) is 2.14. The number of nitrogens with one attached hydrogen (secondary N) is 1. The first-order valence-electron chi connectivity index (χ1n) is 12.7. The predicted octanol–water partition coefficient (Wildman–Crippen LogP) is 6.22. The molecule has 0 radical (unpaired) electrons. The standard InChI is InChI=1S/C28H36F3N5O2/c1-16(19-10-20(28(29,30)31)12-21(32)11-19)33-26-22-13-25(24(37-6)14-23(22)34-18(3)35-26)38-17(2)27(8-7-9-27)15-36(4)5/h10-14,16-17H,7-9,15,32H2,1-6H3,(H,33,34,35)/t16-,17-/m1/s1. The van der Waals surface area contributed by atoms with Gasteiger partial charge in [0, 0.05) is 29.1 Å². The monoisotopic (exact) mass is 531 g/mol. The fraction of sp³-hybridized carbons (Fsp3) is 0.500. The number of aryl methyl sites for hydroxylation is 1. The molecule has 1 aliphatic carbocycles. The molecule has 38 heavy (non-hydrogen) atoms. The van der Waals surface area contributed by atoms with Gasteiger partial charge in [0.1, 0.15) is 17.7 Å². The van der Waals surface area contributed by atoms with Gasteiger partial charge in [-0.3, -0.25) is 0 Å². The predicted molar refractivity (Wildman–Crippen MR) is 144 cm³/mol. The highest BCUT2D eigenvalue weighted by atomic mass is 19.4. The Balaban J connectivity index is 1.70. The fourth-order valence-corrected chi connectivity index (χ4v) is 5.26. The van der Waals surface area contributed by atoms with Gasteiger partial charge in [-0.1, -0.05) is 6.42 Å². The maximum absolute atomic E-state index is 13.4. The number of fused-ring (bicyclic) bond motifs is 1. The van der Waals surface area contributed by atoms with Gasteiger partial charge in [-0.2, -0.15) is 13.2 Å². The van der Waals surface area contributed by atoms with Crippen molar-refractivity contribution in [3.8, 4) is 11.5 Å². The fourth-order valence-electron chi connectivity index (χ4n) is 5.26. The molecule has 4 rings (SSSR count). The van der Waals surface area contributed by atoms with Gasteiger partial charge < -0.3 is 25.4 Å². The van der Waals surface area contributed by atoms with Crippen molar-refractivity contribution in [3.05, 3.63) is 47.3 Å². The molecule has 0 saturated heterocycles. The number of alkyl halides is 3. The van der Waals surface area contributed by atoms with Gasteiger partial charge in [-0.05, 0) is 77.5 Å². The summed E-state index contributed by atoms with van der Waals surface area (Å²) in [6, 6.07) is 6.71. The van der Waals surface area contributed by atoms with Crippen LogP contribution >= 0.6 is 0 Å². The first kappa shape index (κ1) is 27.8. The minimum Gasteiger partial charge on any atom is -0.493 e. The van der Waals surface area contributed by atoms with Gasteiger partial charge in [0.05, 0.1) is 24.2 Å². The molecular weight excluding hydrogens is 495 g/mol. The normalized spacial score (nSPS) is 16.7. The number of ether oxygens (including phenoxy) is 2. The average Bonchev–Trinajstić information content (AvgIpc) is 2.80. The number of nitrogen functional groups attached to an aromatic ring is 1. The molecule has 0 amide bonds. The van der Waals surface area contributed by atoms with Gasteiger partial charge in [-0.15, -0.1) is 0 Å². The summed E-state index contributed by atoms with van der Waals surface area (Å²) in [6.45, 7) is 6.55. The van der Waals surface area contributed by atoms with Gasteiger partial charge in [0.15, 0.2) is 11.5 Å². The van der Waals surface area contributed by atoms with E-state index in [2.05, 4.69) is 41.2 Å². The van der Waals surface area contributed by atoms with Crippen LogP contribution in [-0.4, -0.2) is 48.7 Å². The average molecular weight is 532 g/mol. The second kappa shape index (κ2) is 10.5. The summed E-state index contributed by atoms with van der Waals surface area (Å²) in [5, 5.41) is 3.95. The third-order valence-corrected chi connectivity index (χ3v) is 7.40. The van der Waals surface area contributed by atoms with Gasteiger partial charge in [-0.25, -0.2) is 9.97 Å². The molecule has 0 bridgehead atoms. The van der Waals surface area contributed by atoms with E-state index >= 15 is 0 Å². The van der Waals surface area contributed by atoms with Crippen LogP contribution in [0.3, 0.4) is 0 Å². The number of methoxy groups -OCH3 is 1. The molecule has 1 heterocycles. The van der Waals surface area contributed by atoms with E-state index in [9.17, 15) is 13.2 Å². The van der Waals surface area contributed by atoms with E-state index in [-0.39, 0.29) is 17.2 Å². The van der Waals surface area contributed by atoms with E-state index in [0.29, 0.717) is 39.6 Å². The SMILES string of the molecule is COc1cc2nc(C)nc(N[C@H](C)c3cc(N)cc(C(F)(F)F)c3)c2cc1O[C@H](C)C1(CN(C)C)CCC1. The van der Waals surface area contributed by atoms with E-state index in [4.69, 9.17) is 15.2 Å². The topological polar surface area (TPSA) is 85.5 Å². The van der Waals surface area contributed by atoms with Crippen LogP contribution in [0.2, 0.25) is 0 Å². The molecule has 3 aromatic rings. The lowest BCUT2D eigenvalue weighted by molar-refractivity contribution is -0.137. The van der Waals surface area contributed by atoms with Crippen molar-refractivity contribution < 1.29 is 22.6 Å². The number of hydrogen-bond acceptors (Lipinski definition) is 7. The summed E-state index contributed by atoms with van der Waals surface area (Å²) in [5.41, 5.74) is 6.15. The molecule has 2 aromatic carbocycles. The summed E-state index contributed by atoms with van der Waals surface area (Å²) in [4.78, 5) is 11.3. The smallest absolute Gasteiger partial charge is 0.416 e. The van der Waals surface area contributed by atoms with Crippen LogP contribution in [0.4, 0.5) is 24.7 Å². The number of nitrogens with two attached hydrogens (primary N) is 1. The Hall–Kier alpha value is -3.27. The van der Waals surface area contributed by atoms with Crippen molar-refractivity contribution in [2.75, 3.05) is 38.8 Å². The van der Waals surface area contributed by atoms with Crippen molar-refractivity contribution in [2.45, 2.75) is 58.4 Å². The molecule has 2 atom stereocenters. The highest BCUT2D eigenvalue weighted by Gasteiger charge is 2.44. The van der Waals surface area contributed by atoms with E-state index < -0.39 is 17.8 Å². The number of aromatic nitrogens is 2. The van der Waals surface area contributed by atoms with Crippen LogP contribution in [-0.2, 0) is 6.18 Å². The lowest BCUT2D eigenvalue weighted by Crippen LogP contribution is -2.49. The molecule has 7 nitrogen and oxygen atoms in total. The number of nitrogens with zero attached hydrogens (tertiary/aromatic N) is 3. The second-order valence-electron chi connectivity index (χ2n) is 10.6. The highest BCUT2D eigenvalue weighted by Crippen LogP contribution is 2.47. The van der Waals surface area contributed by atoms with Crippen molar-refractivity contribution in [1.29, 1.82) is 0 Å². The third kappa shape index (κ3) is 5.75. The second-order valence-corrected chi connectivity index (χ2v) is 10.6. The zero-order valence-corrected chi connectivity index (χ0v) is 22.7. The van der Waals surface area contributed by atoms with Gasteiger partial charge in [0.2, 0.25) is 0 Å². The Bertz CT molecular complexity index is 1310. The number of benzene rings is 2. The van der Waals surface area contributed by atoms with Crippen LogP contribution in [0.15, 0.2) is 30.3 Å². The summed E-state index contributed by atoms with van der Waals surface area (Å²) < 4.78 is 52.3. The molecule has 10 heteroatoms. The zero-order valence-electron chi connectivity index (χ0n) is 22.7. The molecular formula is C28H36F3N5O2. The van der Waals surface area contributed by atoms with Crippen LogP contribution in [0.25, 0.3) is 10.9 Å². The molecule has 0 spiro atoms. The Kier molecular flexibility index (Phi) is 7.65. The zero-order chi connectivity index (χ0) is 27.8. The highest BCUT2D eigenvalue weighted by molar-refractivity contribution is 5.92. The maximum atomic E-state index is 13.4. The van der Waals surface area contributed by atoms with Crippen molar-refractivity contribution >= 4 is 22.4 Å². The van der Waals surface area contributed by atoms with Crippen molar-refractivity contribution in [1.82, 2.24) is 14.9 Å². The van der Waals surface area contributed by atoms with Crippen LogP contribution in [0.5, 0.6) is 11.5 Å². The summed E-state index contributed by atoms with van der Waals surface area (Å²) >= 11 is 0. The first-order valence-corrected chi connectivity index (χ1v) is 12.7. The summed E-state index contributed by atoms with van der Waals surface area (Å²) in [6.07, 6.45) is -1.19. The molecule has 1 fully saturated rings. The Morgan fingerprint density at radius 2 is 1.79 bits per heavy atom. The third-order valence-electron chi connectivity index (χ3n) is 7.40. The molecule has 0 unspecified atom stereocenters. The van der Waals surface area contributed by atoms with Gasteiger partial charge in [0.25, 0.3) is 0 Å². The van der Waals surface area contributed by atoms with E-state index in [1.807, 2.05) is 12.1 Å². The summed E-state index contributed by atoms with van der Waals surface area (Å²) in [7, 11) is 5.73. The number of hydrogen-bond donors (Lipinski definition) is 2. The van der Waals surface area contributed by atoms with E-state index in [1.54, 1.807) is 21.0 Å². The number of anilines is 2. The minimum absolute atomic E-state index is 0.0456. The Labute approximate surface area is 221 Å². The largest absolute Gasteiger partial charge is 0.493 e. The molecule has 1 saturated carbocycles. The minimum atomic E-state index is -4.49. The van der Waals surface area contributed by atoms with Gasteiger partial charge >= 0.3 is 6.18 Å². The van der Waals surface area contributed by atoms with Crippen molar-refractivity contribution in [2.24, 2.45) is 5.41 Å². The number of halogens is 3. The molecule has 3 N–H and O–H groups in total. The van der Waals surface area contributed by atoms with Crippen LogP contribution in [0.1, 0.15) is 56.1 Å². The lowest BCUT2D eigenvalue weighted by Gasteiger charge is -2.47. The molecule has 1 aromatic heterocycles. The first-order chi connectivity index (χ1) is 17.8. The quantitative estimate of drug-likeness (QED) is 0.317. The lowest BCUT2D eigenvalue weighted by atomic mass is 9.65. The van der Waals surface area contributed by atoms with Crippen LogP contribution < -0.4 is 20.5 Å². The number of rotatable bonds is 9.